The molecular weight excluding hydrogens is 213 g/mol. The monoisotopic (exact) mass is 228 g/mol. The van der Waals surface area contributed by atoms with Crippen LogP contribution in [0.25, 0.3) is 0 Å². The molecule has 0 bridgehead atoms. The van der Waals surface area contributed by atoms with Crippen molar-refractivity contribution in [2.45, 2.75) is 37.6 Å². The van der Waals surface area contributed by atoms with Gasteiger partial charge in [0.05, 0.1) is 12.7 Å². The Labute approximate surface area is 86.2 Å². The Hall–Kier alpha value is -0.330. The average molecular weight is 228 g/mol. The van der Waals surface area contributed by atoms with E-state index in [0.29, 0.717) is 13.0 Å². The van der Waals surface area contributed by atoms with Crippen molar-refractivity contribution in [2.24, 2.45) is 0 Å². The van der Waals surface area contributed by atoms with Crippen LogP contribution in [0.4, 0.5) is 13.2 Å². The van der Waals surface area contributed by atoms with Crippen LogP contribution in [-0.2, 0) is 9.47 Å². The molecule has 1 rings (SSSR count). The van der Waals surface area contributed by atoms with Crippen LogP contribution in [0.3, 0.4) is 0 Å². The van der Waals surface area contributed by atoms with E-state index in [2.05, 4.69) is 0 Å². The molecule has 90 valence electrons. The van der Waals surface area contributed by atoms with E-state index in [-0.39, 0.29) is 19.6 Å². The maximum Gasteiger partial charge on any atom is 0.389 e. The summed E-state index contributed by atoms with van der Waals surface area (Å²) in [7, 11) is 0. The lowest BCUT2D eigenvalue weighted by atomic mass is 10.1. The van der Waals surface area contributed by atoms with E-state index in [9.17, 15) is 18.3 Å². The largest absolute Gasteiger partial charge is 0.390 e. The number of alkyl halides is 3. The highest BCUT2D eigenvalue weighted by molar-refractivity contribution is 4.72. The summed E-state index contributed by atoms with van der Waals surface area (Å²) in [5.41, 5.74) is 0. The molecule has 1 heterocycles. The number of aliphatic hydroxyl groups excluding tert-OH is 1. The van der Waals surface area contributed by atoms with Crippen LogP contribution >= 0.6 is 0 Å². The van der Waals surface area contributed by atoms with Crippen molar-refractivity contribution in [3.05, 3.63) is 0 Å². The lowest BCUT2D eigenvalue weighted by Gasteiger charge is -2.27. The lowest BCUT2D eigenvalue weighted by Crippen LogP contribution is -2.39. The first kappa shape index (κ1) is 12.7. The first-order valence-electron chi connectivity index (χ1n) is 4.93. The smallest absolute Gasteiger partial charge is 0.389 e. The third kappa shape index (κ3) is 5.34. The third-order valence-electron chi connectivity index (χ3n) is 2.21. The molecule has 0 saturated carbocycles. The minimum absolute atomic E-state index is 0.00456. The summed E-state index contributed by atoms with van der Waals surface area (Å²) < 4.78 is 45.5. The molecule has 2 unspecified atom stereocenters. The summed E-state index contributed by atoms with van der Waals surface area (Å²) in [6.07, 6.45) is -5.69. The van der Waals surface area contributed by atoms with Gasteiger partial charge in [-0.05, 0) is 12.8 Å². The molecule has 1 N–H and O–H groups in total. The summed E-state index contributed by atoms with van der Waals surface area (Å²) >= 11 is 0. The molecule has 0 aromatic heterocycles. The van der Waals surface area contributed by atoms with Crippen LogP contribution in [-0.4, -0.2) is 43.3 Å². The van der Waals surface area contributed by atoms with Crippen LogP contribution < -0.4 is 0 Å². The van der Waals surface area contributed by atoms with Crippen LogP contribution in [0.2, 0.25) is 0 Å². The second kappa shape index (κ2) is 5.67. The highest BCUT2D eigenvalue weighted by Gasteiger charge is 2.27. The van der Waals surface area contributed by atoms with Crippen molar-refractivity contribution in [3.8, 4) is 0 Å². The van der Waals surface area contributed by atoms with Crippen LogP contribution in [0, 0.1) is 0 Å². The molecule has 3 nitrogen and oxygen atoms in total. The number of aliphatic hydroxyl groups is 1. The van der Waals surface area contributed by atoms with E-state index in [0.717, 1.165) is 0 Å². The average Bonchev–Trinajstić information content (AvgIpc) is 2.13. The molecule has 0 aliphatic carbocycles. The van der Waals surface area contributed by atoms with E-state index in [4.69, 9.17) is 9.47 Å². The quantitative estimate of drug-likeness (QED) is 0.741. The van der Waals surface area contributed by atoms with Gasteiger partial charge in [-0.25, -0.2) is 0 Å². The normalized spacial score (nSPS) is 28.0. The van der Waals surface area contributed by atoms with Crippen LogP contribution in [0.15, 0.2) is 0 Å². The van der Waals surface area contributed by atoms with Crippen molar-refractivity contribution in [1.29, 1.82) is 0 Å². The predicted molar refractivity (Wildman–Crippen MR) is 46.5 cm³/mol. The Morgan fingerprint density at radius 3 is 2.73 bits per heavy atom. The predicted octanol–water partition coefficient (Wildman–Crippen LogP) is 1.50. The van der Waals surface area contributed by atoms with E-state index >= 15 is 0 Å². The zero-order valence-electron chi connectivity index (χ0n) is 8.29. The van der Waals surface area contributed by atoms with E-state index in [1.54, 1.807) is 0 Å². The van der Waals surface area contributed by atoms with Gasteiger partial charge in [0.15, 0.2) is 0 Å². The molecule has 1 aliphatic rings. The highest BCUT2D eigenvalue weighted by atomic mass is 19.4. The molecular formula is C9H15F3O3. The Morgan fingerprint density at radius 2 is 2.13 bits per heavy atom. The van der Waals surface area contributed by atoms with Gasteiger partial charge in [0.1, 0.15) is 6.10 Å². The maximum atomic E-state index is 11.8. The molecule has 6 heteroatoms. The van der Waals surface area contributed by atoms with Gasteiger partial charge in [-0.3, -0.25) is 0 Å². The fourth-order valence-electron chi connectivity index (χ4n) is 1.37. The molecule has 0 aromatic carbocycles. The minimum Gasteiger partial charge on any atom is -0.390 e. The Morgan fingerprint density at radius 1 is 1.40 bits per heavy atom. The summed E-state index contributed by atoms with van der Waals surface area (Å²) in [5, 5.41) is 9.40. The van der Waals surface area contributed by atoms with Crippen molar-refractivity contribution >= 4 is 0 Å². The molecule has 1 fully saturated rings. The van der Waals surface area contributed by atoms with Gasteiger partial charge < -0.3 is 14.6 Å². The standard InChI is InChI=1S/C9H15F3O3/c10-9(11,12)3-1-4-15-8-6-14-5-2-7(8)13/h7-8,13H,1-6H2. The molecule has 2 atom stereocenters. The van der Waals surface area contributed by atoms with E-state index < -0.39 is 24.8 Å². The Bertz CT molecular complexity index is 184. The van der Waals surface area contributed by atoms with Gasteiger partial charge in [-0.15, -0.1) is 0 Å². The Kier molecular flexibility index (Phi) is 4.82. The summed E-state index contributed by atoms with van der Waals surface area (Å²) in [6, 6.07) is 0. The Balaban J connectivity index is 2.08. The molecule has 15 heavy (non-hydrogen) atoms. The molecule has 0 radical (unpaired) electrons. The van der Waals surface area contributed by atoms with Gasteiger partial charge >= 0.3 is 6.18 Å². The first-order chi connectivity index (χ1) is 6.99. The molecule has 0 amide bonds. The van der Waals surface area contributed by atoms with Crippen molar-refractivity contribution < 1.29 is 27.8 Å². The summed E-state index contributed by atoms with van der Waals surface area (Å²) in [6.45, 7) is 0.737. The number of halogens is 3. The van der Waals surface area contributed by atoms with Crippen molar-refractivity contribution in [2.75, 3.05) is 19.8 Å². The van der Waals surface area contributed by atoms with E-state index in [1.807, 2.05) is 0 Å². The van der Waals surface area contributed by atoms with Gasteiger partial charge in [-0.2, -0.15) is 13.2 Å². The highest BCUT2D eigenvalue weighted by Crippen LogP contribution is 2.21. The second-order valence-electron chi connectivity index (χ2n) is 3.56. The zero-order valence-corrected chi connectivity index (χ0v) is 8.29. The van der Waals surface area contributed by atoms with Gasteiger partial charge in [-0.1, -0.05) is 0 Å². The SMILES string of the molecule is OC1CCOCC1OCCCC(F)(F)F. The number of hydrogen-bond donors (Lipinski definition) is 1. The molecule has 0 aromatic rings. The topological polar surface area (TPSA) is 38.7 Å². The molecule has 0 spiro atoms. The zero-order chi connectivity index (χ0) is 11.3. The molecule has 1 aliphatic heterocycles. The maximum absolute atomic E-state index is 11.8. The number of hydrogen-bond acceptors (Lipinski definition) is 3. The summed E-state index contributed by atoms with van der Waals surface area (Å²) in [5.74, 6) is 0. The van der Waals surface area contributed by atoms with Gasteiger partial charge in [0, 0.05) is 19.6 Å². The van der Waals surface area contributed by atoms with Crippen LogP contribution in [0.1, 0.15) is 19.3 Å². The van der Waals surface area contributed by atoms with Gasteiger partial charge in [0.25, 0.3) is 0 Å². The van der Waals surface area contributed by atoms with Gasteiger partial charge in [0.2, 0.25) is 0 Å². The van der Waals surface area contributed by atoms with Crippen molar-refractivity contribution in [1.82, 2.24) is 0 Å². The number of ether oxygens (including phenoxy) is 2. The minimum atomic E-state index is -4.13. The fraction of sp³-hybridized carbons (Fsp3) is 1.00. The number of rotatable bonds is 4. The first-order valence-corrected chi connectivity index (χ1v) is 4.93. The second-order valence-corrected chi connectivity index (χ2v) is 3.56. The molecule has 1 saturated heterocycles. The lowest BCUT2D eigenvalue weighted by molar-refractivity contribution is -0.146. The van der Waals surface area contributed by atoms with Crippen LogP contribution in [0.5, 0.6) is 0 Å². The van der Waals surface area contributed by atoms with E-state index in [1.165, 1.54) is 0 Å². The van der Waals surface area contributed by atoms with Crippen molar-refractivity contribution in [3.63, 3.8) is 0 Å². The third-order valence-corrected chi connectivity index (χ3v) is 2.21. The fourth-order valence-corrected chi connectivity index (χ4v) is 1.37. The summed E-state index contributed by atoms with van der Waals surface area (Å²) in [4.78, 5) is 0.